The van der Waals surface area contributed by atoms with Gasteiger partial charge in [0.2, 0.25) is 5.91 Å². The Hall–Kier alpha value is -3.54. The van der Waals surface area contributed by atoms with Gasteiger partial charge in [-0.2, -0.15) is 0 Å². The van der Waals surface area contributed by atoms with Crippen LogP contribution in [0.15, 0.2) is 56.3 Å². The quantitative estimate of drug-likeness (QED) is 0.535. The number of hydrogen-bond donors (Lipinski definition) is 1. The van der Waals surface area contributed by atoms with Gasteiger partial charge in [0.15, 0.2) is 0 Å². The fraction of sp³-hybridized carbons (Fsp3) is 0.182. The van der Waals surface area contributed by atoms with Gasteiger partial charge in [-0.1, -0.05) is 6.07 Å². The van der Waals surface area contributed by atoms with Crippen molar-refractivity contribution in [2.45, 2.75) is 20.3 Å². The van der Waals surface area contributed by atoms with E-state index in [4.69, 9.17) is 13.6 Å². The Morgan fingerprint density at radius 1 is 1.11 bits per heavy atom. The smallest absolute Gasteiger partial charge is 0.340 e. The Bertz CT molecular complexity index is 1270. The molecule has 1 amide bonds. The van der Waals surface area contributed by atoms with Gasteiger partial charge in [0, 0.05) is 28.6 Å². The summed E-state index contributed by atoms with van der Waals surface area (Å²) in [5.74, 6) is 0.335. The predicted molar refractivity (Wildman–Crippen MR) is 107 cm³/mol. The molecule has 6 nitrogen and oxygen atoms in total. The summed E-state index contributed by atoms with van der Waals surface area (Å²) in [6, 6.07) is 10.7. The lowest BCUT2D eigenvalue weighted by molar-refractivity contribution is -0.115. The third-order valence-corrected chi connectivity index (χ3v) is 4.87. The first-order chi connectivity index (χ1) is 13.5. The molecule has 4 rings (SSSR count). The van der Waals surface area contributed by atoms with Crippen LogP contribution in [0.5, 0.6) is 5.75 Å². The topological polar surface area (TPSA) is 81.7 Å². The number of ether oxygens (including phenoxy) is 1. The maximum atomic E-state index is 12.5. The molecule has 28 heavy (non-hydrogen) atoms. The van der Waals surface area contributed by atoms with E-state index in [9.17, 15) is 9.59 Å². The largest absolute Gasteiger partial charge is 0.497 e. The molecule has 0 atom stereocenters. The van der Waals surface area contributed by atoms with Crippen LogP contribution < -0.4 is 15.7 Å². The maximum absolute atomic E-state index is 12.5. The van der Waals surface area contributed by atoms with Gasteiger partial charge in [-0.3, -0.25) is 4.79 Å². The SMILES string of the molecule is COc1cccc(NC(=O)Cc2c(C)c3cc4c(C)coc4cc3oc2=O)c1. The molecule has 0 fully saturated rings. The molecule has 4 aromatic rings. The summed E-state index contributed by atoms with van der Waals surface area (Å²) in [5, 5.41) is 4.53. The van der Waals surface area contributed by atoms with Crippen molar-refractivity contribution in [3.8, 4) is 5.75 Å². The van der Waals surface area contributed by atoms with Gasteiger partial charge in [0.25, 0.3) is 0 Å². The molecule has 2 aromatic carbocycles. The number of aryl methyl sites for hydroxylation is 2. The van der Waals surface area contributed by atoms with Crippen molar-refractivity contribution in [1.29, 1.82) is 0 Å². The van der Waals surface area contributed by atoms with E-state index in [2.05, 4.69) is 5.32 Å². The van der Waals surface area contributed by atoms with Crippen molar-refractivity contribution in [3.63, 3.8) is 0 Å². The summed E-state index contributed by atoms with van der Waals surface area (Å²) in [4.78, 5) is 25.0. The summed E-state index contributed by atoms with van der Waals surface area (Å²) in [6.45, 7) is 3.78. The van der Waals surface area contributed by atoms with Gasteiger partial charge in [0.1, 0.15) is 16.9 Å². The van der Waals surface area contributed by atoms with Crippen molar-refractivity contribution in [1.82, 2.24) is 0 Å². The van der Waals surface area contributed by atoms with Crippen molar-refractivity contribution in [2.75, 3.05) is 12.4 Å². The van der Waals surface area contributed by atoms with Crippen molar-refractivity contribution in [2.24, 2.45) is 0 Å². The minimum Gasteiger partial charge on any atom is -0.497 e. The van der Waals surface area contributed by atoms with Gasteiger partial charge in [-0.15, -0.1) is 0 Å². The number of carbonyl (C=O) groups is 1. The summed E-state index contributed by atoms with van der Waals surface area (Å²) >= 11 is 0. The molecule has 0 bridgehead atoms. The summed E-state index contributed by atoms with van der Waals surface area (Å²) in [7, 11) is 1.56. The number of carbonyl (C=O) groups excluding carboxylic acids is 1. The van der Waals surface area contributed by atoms with Gasteiger partial charge in [0.05, 0.1) is 25.4 Å². The zero-order chi connectivity index (χ0) is 19.8. The van der Waals surface area contributed by atoms with Crippen LogP contribution in [0.1, 0.15) is 16.7 Å². The van der Waals surface area contributed by atoms with E-state index in [-0.39, 0.29) is 12.3 Å². The second-order valence-electron chi connectivity index (χ2n) is 6.71. The van der Waals surface area contributed by atoms with Gasteiger partial charge in [-0.25, -0.2) is 4.79 Å². The lowest BCUT2D eigenvalue weighted by Gasteiger charge is -2.09. The fourth-order valence-corrected chi connectivity index (χ4v) is 3.31. The minimum atomic E-state index is -0.520. The van der Waals surface area contributed by atoms with Gasteiger partial charge in [-0.05, 0) is 43.2 Å². The van der Waals surface area contributed by atoms with E-state index in [0.29, 0.717) is 28.2 Å². The number of amides is 1. The van der Waals surface area contributed by atoms with Crippen LogP contribution in [0.4, 0.5) is 5.69 Å². The normalized spacial score (nSPS) is 11.1. The lowest BCUT2D eigenvalue weighted by Crippen LogP contribution is -2.20. The number of anilines is 1. The fourth-order valence-electron chi connectivity index (χ4n) is 3.31. The summed E-state index contributed by atoms with van der Waals surface area (Å²) < 4.78 is 16.1. The number of methoxy groups -OCH3 is 1. The number of benzene rings is 2. The minimum absolute atomic E-state index is 0.0796. The zero-order valence-corrected chi connectivity index (χ0v) is 15.8. The molecule has 142 valence electrons. The maximum Gasteiger partial charge on any atom is 0.340 e. The first kappa shape index (κ1) is 17.9. The molecule has 0 aliphatic rings. The van der Waals surface area contributed by atoms with Crippen LogP contribution in [0.2, 0.25) is 0 Å². The molecule has 6 heteroatoms. The molecule has 0 aliphatic heterocycles. The average Bonchev–Trinajstić information content (AvgIpc) is 3.04. The highest BCUT2D eigenvalue weighted by Crippen LogP contribution is 2.29. The van der Waals surface area contributed by atoms with E-state index < -0.39 is 5.63 Å². The number of furan rings is 1. The van der Waals surface area contributed by atoms with Crippen LogP contribution in [0, 0.1) is 13.8 Å². The predicted octanol–water partition coefficient (Wildman–Crippen LogP) is 4.35. The van der Waals surface area contributed by atoms with E-state index in [1.165, 1.54) is 0 Å². The van der Waals surface area contributed by atoms with Crippen LogP contribution in [0.25, 0.3) is 21.9 Å². The molecule has 2 heterocycles. The van der Waals surface area contributed by atoms with Crippen LogP contribution in [0.3, 0.4) is 0 Å². The summed E-state index contributed by atoms with van der Waals surface area (Å²) in [5.41, 5.74) is 3.26. The Morgan fingerprint density at radius 3 is 2.71 bits per heavy atom. The molecule has 0 aliphatic carbocycles. The van der Waals surface area contributed by atoms with Crippen LogP contribution in [-0.4, -0.2) is 13.0 Å². The first-order valence-corrected chi connectivity index (χ1v) is 8.84. The molecular weight excluding hydrogens is 358 g/mol. The molecule has 1 N–H and O–H groups in total. The Labute approximate surface area is 160 Å². The Kier molecular flexibility index (Phi) is 4.39. The van der Waals surface area contributed by atoms with E-state index >= 15 is 0 Å². The molecule has 2 aromatic heterocycles. The first-order valence-electron chi connectivity index (χ1n) is 8.84. The number of nitrogens with one attached hydrogen (secondary N) is 1. The monoisotopic (exact) mass is 377 g/mol. The Balaban J connectivity index is 1.69. The lowest BCUT2D eigenvalue weighted by atomic mass is 10.0. The highest BCUT2D eigenvalue weighted by molar-refractivity contribution is 5.97. The van der Waals surface area contributed by atoms with Crippen LogP contribution in [-0.2, 0) is 11.2 Å². The number of rotatable bonds is 4. The highest BCUT2D eigenvalue weighted by Gasteiger charge is 2.17. The van der Waals surface area contributed by atoms with E-state index in [1.54, 1.807) is 43.7 Å². The highest BCUT2D eigenvalue weighted by atomic mass is 16.5. The molecular formula is C22H19NO5. The van der Waals surface area contributed by atoms with Gasteiger partial charge < -0.3 is 18.9 Å². The molecule has 0 spiro atoms. The third kappa shape index (κ3) is 3.13. The van der Waals surface area contributed by atoms with Crippen molar-refractivity contribution >= 4 is 33.5 Å². The van der Waals surface area contributed by atoms with Crippen molar-refractivity contribution in [3.05, 3.63) is 69.8 Å². The second-order valence-corrected chi connectivity index (χ2v) is 6.71. The standard InChI is InChI=1S/C22H19NO5/c1-12-11-27-19-10-20-17(8-16(12)19)13(2)18(22(25)28-20)9-21(24)23-14-5-4-6-15(7-14)26-3/h4-8,10-11H,9H2,1-3H3,(H,23,24). The second kappa shape index (κ2) is 6.88. The third-order valence-electron chi connectivity index (χ3n) is 4.87. The van der Waals surface area contributed by atoms with Gasteiger partial charge >= 0.3 is 5.63 Å². The number of hydrogen-bond acceptors (Lipinski definition) is 5. The number of fused-ring (bicyclic) bond motifs is 2. The Morgan fingerprint density at radius 2 is 1.93 bits per heavy atom. The molecule has 0 unspecified atom stereocenters. The van der Waals surface area contributed by atoms with E-state index in [1.807, 2.05) is 19.9 Å². The zero-order valence-electron chi connectivity index (χ0n) is 15.8. The molecule has 0 radical (unpaired) electrons. The van der Waals surface area contributed by atoms with Crippen LogP contribution >= 0.6 is 0 Å². The molecule has 0 saturated carbocycles. The van der Waals surface area contributed by atoms with E-state index in [0.717, 1.165) is 21.9 Å². The average molecular weight is 377 g/mol. The van der Waals surface area contributed by atoms with Crippen molar-refractivity contribution < 1.29 is 18.4 Å². The molecule has 0 saturated heterocycles. The summed E-state index contributed by atoms with van der Waals surface area (Å²) in [6.07, 6.45) is 1.59.